The smallest absolute Gasteiger partial charge is 0.127 e. The first-order chi connectivity index (χ1) is 9.61. The zero-order chi connectivity index (χ0) is 14.5. The Labute approximate surface area is 119 Å². The van der Waals surface area contributed by atoms with E-state index in [2.05, 4.69) is 12.2 Å². The summed E-state index contributed by atoms with van der Waals surface area (Å²) in [6, 6.07) is 14.9. The lowest BCUT2D eigenvalue weighted by molar-refractivity contribution is 0.414. The molecule has 0 fully saturated rings. The highest BCUT2D eigenvalue weighted by Gasteiger charge is 2.13. The maximum atomic E-state index is 13.7. The summed E-state index contributed by atoms with van der Waals surface area (Å²) in [5.41, 5.74) is 1.84. The van der Waals surface area contributed by atoms with E-state index in [0.717, 1.165) is 11.3 Å². The van der Waals surface area contributed by atoms with Crippen LogP contribution in [0, 0.1) is 5.82 Å². The van der Waals surface area contributed by atoms with Gasteiger partial charge in [0.15, 0.2) is 0 Å². The van der Waals surface area contributed by atoms with Gasteiger partial charge in [0.25, 0.3) is 0 Å². The van der Waals surface area contributed by atoms with E-state index in [1.54, 1.807) is 13.2 Å². The molecule has 2 rings (SSSR count). The fourth-order valence-corrected chi connectivity index (χ4v) is 2.28. The Balaban J connectivity index is 2.06. The number of hydrogen-bond donors (Lipinski definition) is 1. The third kappa shape index (κ3) is 3.36. The zero-order valence-electron chi connectivity index (χ0n) is 12.1. The van der Waals surface area contributed by atoms with Crippen LogP contribution >= 0.6 is 0 Å². The largest absolute Gasteiger partial charge is 0.497 e. The highest BCUT2D eigenvalue weighted by Crippen LogP contribution is 2.22. The van der Waals surface area contributed by atoms with Crippen LogP contribution in [-0.4, -0.2) is 7.11 Å². The van der Waals surface area contributed by atoms with Gasteiger partial charge in [0.2, 0.25) is 0 Å². The molecular weight excluding hydrogens is 253 g/mol. The van der Waals surface area contributed by atoms with E-state index >= 15 is 0 Å². The van der Waals surface area contributed by atoms with E-state index in [1.807, 2.05) is 43.3 Å². The van der Waals surface area contributed by atoms with Crippen LogP contribution < -0.4 is 10.1 Å². The fourth-order valence-electron chi connectivity index (χ4n) is 2.28. The molecule has 0 radical (unpaired) electrons. The van der Waals surface area contributed by atoms with E-state index < -0.39 is 0 Å². The van der Waals surface area contributed by atoms with Crippen molar-refractivity contribution in [3.8, 4) is 5.75 Å². The average molecular weight is 273 g/mol. The number of hydrogen-bond acceptors (Lipinski definition) is 2. The lowest BCUT2D eigenvalue weighted by Crippen LogP contribution is -2.23. The zero-order valence-corrected chi connectivity index (χ0v) is 12.1. The molecule has 0 aromatic heterocycles. The highest BCUT2D eigenvalue weighted by molar-refractivity contribution is 5.29. The Morgan fingerprint density at radius 1 is 0.950 bits per heavy atom. The van der Waals surface area contributed by atoms with Crippen molar-refractivity contribution in [2.24, 2.45) is 0 Å². The maximum Gasteiger partial charge on any atom is 0.127 e. The monoisotopic (exact) mass is 273 g/mol. The van der Waals surface area contributed by atoms with Crippen molar-refractivity contribution < 1.29 is 9.13 Å². The van der Waals surface area contributed by atoms with E-state index in [-0.39, 0.29) is 17.9 Å². The molecule has 0 aliphatic carbocycles. The van der Waals surface area contributed by atoms with Crippen molar-refractivity contribution in [2.45, 2.75) is 25.9 Å². The highest BCUT2D eigenvalue weighted by atomic mass is 19.1. The van der Waals surface area contributed by atoms with Crippen molar-refractivity contribution in [2.75, 3.05) is 7.11 Å². The minimum atomic E-state index is -0.172. The Hall–Kier alpha value is -1.87. The quantitative estimate of drug-likeness (QED) is 0.879. The van der Waals surface area contributed by atoms with Crippen molar-refractivity contribution in [3.05, 3.63) is 65.5 Å². The standard InChI is InChI=1S/C17H20FNO/c1-12(14-8-10-15(20-3)11-9-14)19-13(2)16-6-4-5-7-17(16)18/h4-13,19H,1-3H3/t12-,13?/m1/s1. The predicted molar refractivity (Wildman–Crippen MR) is 79.4 cm³/mol. The third-order valence-electron chi connectivity index (χ3n) is 3.49. The first kappa shape index (κ1) is 14.5. The molecule has 1 N–H and O–H groups in total. The van der Waals surface area contributed by atoms with Gasteiger partial charge in [-0.3, -0.25) is 0 Å². The summed E-state index contributed by atoms with van der Waals surface area (Å²) in [6.45, 7) is 4.04. The van der Waals surface area contributed by atoms with Gasteiger partial charge >= 0.3 is 0 Å². The second-order valence-electron chi connectivity index (χ2n) is 4.90. The Morgan fingerprint density at radius 3 is 2.20 bits per heavy atom. The summed E-state index contributed by atoms with van der Waals surface area (Å²) < 4.78 is 18.9. The molecule has 2 aromatic rings. The lowest BCUT2D eigenvalue weighted by Gasteiger charge is -2.21. The molecule has 0 heterocycles. The Bertz CT molecular complexity index is 553. The van der Waals surface area contributed by atoms with Crippen LogP contribution in [0.4, 0.5) is 4.39 Å². The summed E-state index contributed by atoms with van der Waals surface area (Å²) in [5.74, 6) is 0.664. The number of halogens is 1. The minimum Gasteiger partial charge on any atom is -0.497 e. The Morgan fingerprint density at radius 2 is 1.60 bits per heavy atom. The van der Waals surface area contributed by atoms with E-state index in [0.29, 0.717) is 5.56 Å². The third-order valence-corrected chi connectivity index (χ3v) is 3.49. The molecule has 0 saturated heterocycles. The van der Waals surface area contributed by atoms with Gasteiger partial charge in [-0.2, -0.15) is 0 Å². The van der Waals surface area contributed by atoms with Crippen LogP contribution in [0.5, 0.6) is 5.75 Å². The molecule has 2 nitrogen and oxygen atoms in total. The van der Waals surface area contributed by atoms with Crippen LogP contribution in [0.2, 0.25) is 0 Å². The molecule has 0 saturated carbocycles. The topological polar surface area (TPSA) is 21.3 Å². The van der Waals surface area contributed by atoms with E-state index in [9.17, 15) is 4.39 Å². The number of ether oxygens (including phenoxy) is 1. The van der Waals surface area contributed by atoms with Gasteiger partial charge < -0.3 is 10.1 Å². The molecule has 20 heavy (non-hydrogen) atoms. The summed E-state index contributed by atoms with van der Waals surface area (Å²) >= 11 is 0. The molecule has 0 aliphatic heterocycles. The van der Waals surface area contributed by atoms with Crippen LogP contribution in [-0.2, 0) is 0 Å². The normalized spacial score (nSPS) is 13.8. The molecule has 0 spiro atoms. The molecule has 0 aliphatic rings. The molecule has 2 aromatic carbocycles. The van der Waals surface area contributed by atoms with Crippen LogP contribution in [0.1, 0.15) is 37.1 Å². The predicted octanol–water partition coefficient (Wildman–Crippen LogP) is 4.25. The first-order valence-corrected chi connectivity index (χ1v) is 6.76. The van der Waals surface area contributed by atoms with Gasteiger partial charge in [0, 0.05) is 17.6 Å². The Kier molecular flexibility index (Phi) is 4.74. The van der Waals surface area contributed by atoms with Crippen LogP contribution in [0.15, 0.2) is 48.5 Å². The van der Waals surface area contributed by atoms with Crippen molar-refractivity contribution in [1.29, 1.82) is 0 Å². The van der Waals surface area contributed by atoms with E-state index in [1.165, 1.54) is 6.07 Å². The summed E-state index contributed by atoms with van der Waals surface area (Å²) in [4.78, 5) is 0. The number of methoxy groups -OCH3 is 1. The number of nitrogens with one attached hydrogen (secondary N) is 1. The number of rotatable bonds is 5. The van der Waals surface area contributed by atoms with Gasteiger partial charge in [0.05, 0.1) is 7.11 Å². The lowest BCUT2D eigenvalue weighted by atomic mass is 10.0. The molecule has 2 atom stereocenters. The van der Waals surface area contributed by atoms with Gasteiger partial charge in [-0.1, -0.05) is 30.3 Å². The maximum absolute atomic E-state index is 13.7. The number of benzene rings is 2. The van der Waals surface area contributed by atoms with Gasteiger partial charge in [0.1, 0.15) is 11.6 Å². The van der Waals surface area contributed by atoms with Crippen LogP contribution in [0.3, 0.4) is 0 Å². The van der Waals surface area contributed by atoms with Crippen molar-refractivity contribution in [3.63, 3.8) is 0 Å². The van der Waals surface area contributed by atoms with E-state index in [4.69, 9.17) is 4.74 Å². The van der Waals surface area contributed by atoms with Gasteiger partial charge in [-0.25, -0.2) is 4.39 Å². The molecule has 0 amide bonds. The van der Waals surface area contributed by atoms with Gasteiger partial charge in [-0.05, 0) is 37.6 Å². The second-order valence-corrected chi connectivity index (χ2v) is 4.90. The minimum absolute atomic E-state index is 0.0479. The molecule has 106 valence electrons. The second kappa shape index (κ2) is 6.53. The molecular formula is C17H20FNO. The van der Waals surface area contributed by atoms with Crippen LogP contribution in [0.25, 0.3) is 0 Å². The molecule has 0 bridgehead atoms. The molecule has 3 heteroatoms. The summed E-state index contributed by atoms with van der Waals surface area (Å²) in [6.07, 6.45) is 0. The van der Waals surface area contributed by atoms with Crippen molar-refractivity contribution in [1.82, 2.24) is 5.32 Å². The SMILES string of the molecule is COc1ccc([C@@H](C)NC(C)c2ccccc2F)cc1. The summed E-state index contributed by atoms with van der Waals surface area (Å²) in [7, 11) is 1.65. The fraction of sp³-hybridized carbons (Fsp3) is 0.294. The average Bonchev–Trinajstić information content (AvgIpc) is 2.47. The molecule has 1 unspecified atom stereocenters. The first-order valence-electron chi connectivity index (χ1n) is 6.76. The summed E-state index contributed by atoms with van der Waals surface area (Å²) in [5, 5.41) is 3.41. The van der Waals surface area contributed by atoms with Gasteiger partial charge in [-0.15, -0.1) is 0 Å². The van der Waals surface area contributed by atoms with Crippen molar-refractivity contribution >= 4 is 0 Å².